The van der Waals surface area contributed by atoms with Gasteiger partial charge in [0.15, 0.2) is 0 Å². The molecule has 0 aromatic heterocycles. The van der Waals surface area contributed by atoms with Gasteiger partial charge in [-0.15, -0.1) is 11.8 Å². The summed E-state index contributed by atoms with van der Waals surface area (Å²) < 4.78 is 15.5. The van der Waals surface area contributed by atoms with Crippen LogP contribution in [0.1, 0.15) is 48.0 Å². The fourth-order valence-electron chi connectivity index (χ4n) is 2.41. The van der Waals surface area contributed by atoms with Crippen molar-refractivity contribution in [2.24, 2.45) is 5.92 Å². The molecule has 9 heteroatoms. The zero-order valence-electron chi connectivity index (χ0n) is 17.0. The molecule has 1 amide bonds. The molecule has 0 saturated carbocycles. The van der Waals surface area contributed by atoms with Crippen LogP contribution in [0.15, 0.2) is 11.1 Å². The first-order valence-corrected chi connectivity index (χ1v) is 9.74. The van der Waals surface area contributed by atoms with E-state index in [2.05, 4.69) is 10.6 Å². The van der Waals surface area contributed by atoms with Crippen molar-refractivity contribution in [1.82, 2.24) is 10.6 Å². The van der Waals surface area contributed by atoms with Crippen molar-refractivity contribution in [2.75, 3.05) is 7.11 Å². The molecule has 2 unspecified atom stereocenters. The van der Waals surface area contributed by atoms with Gasteiger partial charge in [0.2, 0.25) is 0 Å². The van der Waals surface area contributed by atoms with E-state index in [9.17, 15) is 14.4 Å². The van der Waals surface area contributed by atoms with Gasteiger partial charge in [-0.1, -0.05) is 13.8 Å². The van der Waals surface area contributed by atoms with Crippen LogP contribution in [-0.2, 0) is 23.8 Å². The Kier molecular flexibility index (Phi) is 8.46. The van der Waals surface area contributed by atoms with E-state index in [1.54, 1.807) is 26.2 Å². The second kappa shape index (κ2) is 9.87. The fraction of sp³-hybridized carbons (Fsp3) is 0.722. The van der Waals surface area contributed by atoms with Crippen LogP contribution in [0.2, 0.25) is 0 Å². The van der Waals surface area contributed by atoms with Crippen LogP contribution in [0.4, 0.5) is 4.79 Å². The Balaban J connectivity index is 2.82. The van der Waals surface area contributed by atoms with Crippen LogP contribution in [0.3, 0.4) is 0 Å². The van der Waals surface area contributed by atoms with Crippen molar-refractivity contribution in [1.29, 1.82) is 0 Å². The van der Waals surface area contributed by atoms with E-state index in [0.717, 1.165) is 0 Å². The minimum atomic E-state index is -0.608. The predicted molar refractivity (Wildman–Crippen MR) is 103 cm³/mol. The average molecular weight is 403 g/mol. The zero-order chi connectivity index (χ0) is 20.8. The first-order valence-electron chi connectivity index (χ1n) is 8.80. The van der Waals surface area contributed by atoms with Gasteiger partial charge in [-0.2, -0.15) is 0 Å². The van der Waals surface area contributed by atoms with E-state index in [1.807, 2.05) is 13.8 Å². The number of esters is 2. The third kappa shape index (κ3) is 8.11. The number of methoxy groups -OCH3 is 1. The molecule has 2 N–H and O–H groups in total. The normalized spacial score (nSPS) is 18.8. The summed E-state index contributed by atoms with van der Waals surface area (Å²) in [5.41, 5.74) is -0.297. The van der Waals surface area contributed by atoms with Crippen molar-refractivity contribution >= 4 is 29.8 Å². The molecule has 1 aliphatic heterocycles. The highest BCUT2D eigenvalue weighted by Gasteiger charge is 2.34. The third-order valence-electron chi connectivity index (χ3n) is 3.68. The highest BCUT2D eigenvalue weighted by atomic mass is 32.2. The zero-order valence-corrected chi connectivity index (χ0v) is 17.8. The number of hydrogen-bond donors (Lipinski definition) is 2. The summed E-state index contributed by atoms with van der Waals surface area (Å²) >= 11 is 1.33. The van der Waals surface area contributed by atoms with Gasteiger partial charge < -0.3 is 24.8 Å². The molecule has 1 aliphatic rings. The molecule has 3 atom stereocenters. The van der Waals surface area contributed by atoms with Crippen molar-refractivity contribution in [3.63, 3.8) is 0 Å². The fourth-order valence-corrected chi connectivity index (χ4v) is 3.40. The van der Waals surface area contributed by atoms with Gasteiger partial charge in [0, 0.05) is 24.8 Å². The number of carbonyl (C=O) groups is 3. The smallest absolute Gasteiger partial charge is 0.407 e. The molecule has 0 aliphatic carbocycles. The second-order valence-electron chi connectivity index (χ2n) is 7.60. The number of carbonyl (C=O) groups excluding carboxylic acids is 3. The summed E-state index contributed by atoms with van der Waals surface area (Å²) in [4.78, 5) is 35.4. The van der Waals surface area contributed by atoms with Gasteiger partial charge >= 0.3 is 18.0 Å². The van der Waals surface area contributed by atoms with Crippen molar-refractivity contribution in [3.05, 3.63) is 11.1 Å². The van der Waals surface area contributed by atoms with Crippen LogP contribution in [0.25, 0.3) is 0 Å². The summed E-state index contributed by atoms with van der Waals surface area (Å²) in [7, 11) is 1.30. The van der Waals surface area contributed by atoms with E-state index < -0.39 is 29.7 Å². The monoisotopic (exact) mass is 402 g/mol. The van der Waals surface area contributed by atoms with Gasteiger partial charge in [-0.05, 0) is 26.7 Å². The van der Waals surface area contributed by atoms with Crippen LogP contribution < -0.4 is 10.6 Å². The number of thioether (sulfide) groups is 1. The summed E-state index contributed by atoms with van der Waals surface area (Å²) in [6.07, 6.45) is -0.722. The maximum Gasteiger partial charge on any atom is 0.407 e. The summed E-state index contributed by atoms with van der Waals surface area (Å²) in [6.45, 7) is 10.6. The highest BCUT2D eigenvalue weighted by Crippen LogP contribution is 2.28. The van der Waals surface area contributed by atoms with E-state index in [-0.39, 0.29) is 17.3 Å². The Bertz CT molecular complexity index is 585. The third-order valence-corrected chi connectivity index (χ3v) is 4.77. The van der Waals surface area contributed by atoms with Gasteiger partial charge in [0.1, 0.15) is 22.8 Å². The van der Waals surface area contributed by atoms with Crippen molar-refractivity contribution < 1.29 is 28.6 Å². The van der Waals surface area contributed by atoms with Gasteiger partial charge in [-0.25, -0.2) is 9.59 Å². The van der Waals surface area contributed by atoms with E-state index in [4.69, 9.17) is 14.2 Å². The molecule has 0 saturated heterocycles. The topological polar surface area (TPSA) is 103 Å². The van der Waals surface area contributed by atoms with Gasteiger partial charge in [0.25, 0.3) is 0 Å². The number of hydrogen-bond acceptors (Lipinski definition) is 8. The van der Waals surface area contributed by atoms with Crippen molar-refractivity contribution in [3.8, 4) is 0 Å². The Hall–Kier alpha value is -1.90. The van der Waals surface area contributed by atoms with E-state index in [0.29, 0.717) is 12.1 Å². The number of alkyl carbamates (subject to hydrolysis) is 1. The molecule has 154 valence electrons. The number of rotatable bonds is 7. The van der Waals surface area contributed by atoms with Crippen LogP contribution in [-0.4, -0.2) is 48.3 Å². The van der Waals surface area contributed by atoms with E-state index >= 15 is 0 Å². The Morgan fingerprint density at radius 2 is 1.93 bits per heavy atom. The Labute approximate surface area is 164 Å². The molecular formula is C18H30N2O6S. The number of nitrogens with one attached hydrogen (secondary N) is 2. The van der Waals surface area contributed by atoms with E-state index in [1.165, 1.54) is 25.8 Å². The highest BCUT2D eigenvalue weighted by molar-refractivity contribution is 8.03. The van der Waals surface area contributed by atoms with Gasteiger partial charge in [0.05, 0.1) is 7.11 Å². The molecule has 27 heavy (non-hydrogen) atoms. The maximum absolute atomic E-state index is 12.1. The molecular weight excluding hydrogens is 372 g/mol. The lowest BCUT2D eigenvalue weighted by Gasteiger charge is -2.31. The quantitative estimate of drug-likeness (QED) is 0.495. The predicted octanol–water partition coefficient (Wildman–Crippen LogP) is 2.53. The largest absolute Gasteiger partial charge is 0.464 e. The molecule has 8 nitrogen and oxygen atoms in total. The lowest BCUT2D eigenvalue weighted by Crippen LogP contribution is -2.47. The average Bonchev–Trinajstić information content (AvgIpc) is 3.00. The number of ether oxygens (including phenoxy) is 3. The second-order valence-corrected chi connectivity index (χ2v) is 8.62. The molecule has 0 radical (unpaired) electrons. The van der Waals surface area contributed by atoms with Crippen LogP contribution in [0.5, 0.6) is 0 Å². The molecule has 0 aromatic rings. The molecule has 0 fully saturated rings. The van der Waals surface area contributed by atoms with Crippen LogP contribution >= 0.6 is 11.8 Å². The number of amides is 1. The standard InChI is InChI=1S/C18H30N2O6S/c1-10(2)12(20-17(23)26-18(4,5)6)8-14(25-11(3)21)15-19-13(9-27-15)16(22)24-7/h9-10,12,14-15,19H,8H2,1-7H3,(H,20,23)/t12?,14-,15?/m1/s1. The molecule has 0 aromatic carbocycles. The Morgan fingerprint density at radius 1 is 1.30 bits per heavy atom. The van der Waals surface area contributed by atoms with Gasteiger partial charge in [-0.3, -0.25) is 4.79 Å². The lowest BCUT2D eigenvalue weighted by atomic mass is 9.97. The first-order chi connectivity index (χ1) is 12.4. The SMILES string of the molecule is COC(=O)C1=CSC([C@@H](CC(NC(=O)OC(C)(C)C)C(C)C)OC(C)=O)N1. The molecule has 0 bridgehead atoms. The van der Waals surface area contributed by atoms with Crippen LogP contribution in [0, 0.1) is 5.92 Å². The summed E-state index contributed by atoms with van der Waals surface area (Å²) in [5.74, 6) is -0.845. The maximum atomic E-state index is 12.1. The minimum Gasteiger partial charge on any atom is -0.464 e. The minimum absolute atomic E-state index is 0.0787. The molecule has 1 heterocycles. The summed E-state index contributed by atoms with van der Waals surface area (Å²) in [5, 5.41) is 7.14. The molecule has 0 spiro atoms. The Morgan fingerprint density at radius 3 is 2.41 bits per heavy atom. The first kappa shape index (κ1) is 23.1. The van der Waals surface area contributed by atoms with Crippen molar-refractivity contribution in [2.45, 2.75) is 71.1 Å². The molecule has 1 rings (SSSR count). The lowest BCUT2D eigenvalue weighted by molar-refractivity contribution is -0.147. The summed E-state index contributed by atoms with van der Waals surface area (Å²) in [6, 6.07) is -0.284.